The van der Waals surface area contributed by atoms with Gasteiger partial charge in [0, 0.05) is 34.9 Å². The van der Waals surface area contributed by atoms with Gasteiger partial charge in [0.1, 0.15) is 30.5 Å². The third kappa shape index (κ3) is 6.99. The minimum Gasteiger partial charge on any atom is -0.497 e. The summed E-state index contributed by atoms with van der Waals surface area (Å²) >= 11 is 0. The van der Waals surface area contributed by atoms with Crippen LogP contribution in [0.4, 0.5) is 4.79 Å². The van der Waals surface area contributed by atoms with Gasteiger partial charge in [-0.25, -0.2) is 22.8 Å². The quantitative estimate of drug-likeness (QED) is 0.124. The maximum Gasteiger partial charge on any atom is 0.420 e. The van der Waals surface area contributed by atoms with E-state index in [0.29, 0.717) is 28.6 Å². The van der Waals surface area contributed by atoms with E-state index < -0.39 is 31.9 Å². The standard InChI is InChI=1S/C22H26N4O9S3/c1-14-12-23-18(15(2)20(14)33-4)13-38(30,31)21-24-17-6-5-16(32-3)11-19(17)25(21)22(27)34-7-9-36-37-10-8-35-26(28)29/h5-6,11-12H,7-10,13H2,1-4H3. The summed E-state index contributed by atoms with van der Waals surface area (Å²) in [7, 11) is 1.41. The van der Waals surface area contributed by atoms with Crippen LogP contribution in [0.3, 0.4) is 0 Å². The molecule has 0 saturated carbocycles. The Morgan fingerprint density at radius 3 is 2.50 bits per heavy atom. The molecule has 0 aliphatic rings. The summed E-state index contributed by atoms with van der Waals surface area (Å²) in [4.78, 5) is 36.0. The summed E-state index contributed by atoms with van der Waals surface area (Å²) < 4.78 is 44.0. The Labute approximate surface area is 226 Å². The number of pyridine rings is 1. The fourth-order valence-electron chi connectivity index (χ4n) is 3.50. The van der Waals surface area contributed by atoms with Crippen LogP contribution in [-0.4, -0.2) is 73.1 Å². The summed E-state index contributed by atoms with van der Waals surface area (Å²) in [5.41, 5.74) is 2.07. The fraction of sp³-hybridized carbons (Fsp3) is 0.409. The normalized spacial score (nSPS) is 11.4. The molecular formula is C22H26N4O9S3. The summed E-state index contributed by atoms with van der Waals surface area (Å²) in [6, 6.07) is 4.66. The van der Waals surface area contributed by atoms with Crippen molar-refractivity contribution in [3.05, 3.63) is 51.3 Å². The van der Waals surface area contributed by atoms with Crippen molar-refractivity contribution in [2.75, 3.05) is 38.9 Å². The van der Waals surface area contributed by atoms with Gasteiger partial charge in [0.2, 0.25) is 15.0 Å². The lowest BCUT2D eigenvalue weighted by molar-refractivity contribution is -0.756. The van der Waals surface area contributed by atoms with Gasteiger partial charge in [0.15, 0.2) is 0 Å². The smallest absolute Gasteiger partial charge is 0.420 e. The Hall–Kier alpha value is -3.24. The number of fused-ring (bicyclic) bond motifs is 1. The van der Waals surface area contributed by atoms with Crippen LogP contribution in [0.25, 0.3) is 11.0 Å². The van der Waals surface area contributed by atoms with Crippen LogP contribution in [0.1, 0.15) is 16.8 Å². The van der Waals surface area contributed by atoms with Crippen LogP contribution < -0.4 is 9.47 Å². The van der Waals surface area contributed by atoms with E-state index in [1.807, 2.05) is 0 Å². The summed E-state index contributed by atoms with van der Waals surface area (Å²) in [6.07, 6.45) is 0.602. The lowest BCUT2D eigenvalue weighted by atomic mass is 10.1. The first-order valence-corrected chi connectivity index (χ1v) is 15.2. The number of hydrogen-bond acceptors (Lipinski definition) is 13. The van der Waals surface area contributed by atoms with E-state index in [-0.39, 0.29) is 29.9 Å². The first-order chi connectivity index (χ1) is 18.1. The zero-order chi connectivity index (χ0) is 27.9. The second-order valence-electron chi connectivity index (χ2n) is 7.70. The monoisotopic (exact) mass is 586 g/mol. The first-order valence-electron chi connectivity index (χ1n) is 11.1. The molecule has 2 aromatic heterocycles. The van der Waals surface area contributed by atoms with E-state index in [4.69, 9.17) is 14.2 Å². The third-order valence-electron chi connectivity index (χ3n) is 5.21. The van der Waals surface area contributed by atoms with Gasteiger partial charge in [0.05, 0.1) is 30.9 Å². The van der Waals surface area contributed by atoms with Crippen molar-refractivity contribution >= 4 is 48.6 Å². The van der Waals surface area contributed by atoms with Gasteiger partial charge in [-0.3, -0.25) is 4.98 Å². The van der Waals surface area contributed by atoms with Gasteiger partial charge in [-0.1, -0.05) is 21.6 Å². The SMILES string of the molecule is COc1ccc2nc(S(=O)(=O)Cc3ncc(C)c(OC)c3C)n(C(=O)OCCSSCCO[N+](=O)[O-])c2c1. The molecule has 2 heterocycles. The molecule has 0 aliphatic heterocycles. The number of carbonyl (C=O) groups excluding carboxylic acids is 1. The van der Waals surface area contributed by atoms with E-state index in [0.717, 1.165) is 10.1 Å². The second-order valence-corrected chi connectivity index (χ2v) is 12.3. The molecule has 0 spiro atoms. The fourth-order valence-corrected chi connectivity index (χ4v) is 6.61. The zero-order valence-electron chi connectivity index (χ0n) is 21.0. The van der Waals surface area contributed by atoms with Gasteiger partial charge in [-0.15, -0.1) is 10.1 Å². The molecule has 3 rings (SSSR count). The maximum atomic E-state index is 13.5. The average Bonchev–Trinajstić information content (AvgIpc) is 3.27. The Morgan fingerprint density at radius 2 is 1.84 bits per heavy atom. The Balaban J connectivity index is 1.84. The molecule has 0 aliphatic carbocycles. The Morgan fingerprint density at radius 1 is 1.13 bits per heavy atom. The minimum absolute atomic E-state index is 0.0362. The molecule has 16 heteroatoms. The lowest BCUT2D eigenvalue weighted by Crippen LogP contribution is -2.21. The van der Waals surface area contributed by atoms with Crippen LogP contribution >= 0.6 is 21.6 Å². The summed E-state index contributed by atoms with van der Waals surface area (Å²) in [5, 5.41) is 8.81. The number of aromatic nitrogens is 3. The summed E-state index contributed by atoms with van der Waals surface area (Å²) in [5.74, 6) is 1.15. The van der Waals surface area contributed by atoms with Crippen molar-refractivity contribution in [3.8, 4) is 11.5 Å². The minimum atomic E-state index is -4.17. The number of benzene rings is 1. The largest absolute Gasteiger partial charge is 0.497 e. The Kier molecular flexibility index (Phi) is 10.0. The van der Waals surface area contributed by atoms with Crippen LogP contribution in [-0.2, 0) is 25.2 Å². The van der Waals surface area contributed by atoms with Crippen LogP contribution in [0.5, 0.6) is 11.5 Å². The molecule has 206 valence electrons. The molecule has 0 bridgehead atoms. The average molecular weight is 587 g/mol. The molecule has 0 unspecified atom stereocenters. The van der Waals surface area contributed by atoms with E-state index in [1.54, 1.807) is 26.0 Å². The first kappa shape index (κ1) is 29.3. The number of methoxy groups -OCH3 is 2. The number of carbonyl (C=O) groups is 1. The number of nitrogens with zero attached hydrogens (tertiary/aromatic N) is 4. The van der Waals surface area contributed by atoms with Crippen molar-refractivity contribution in [2.45, 2.75) is 24.8 Å². The van der Waals surface area contributed by atoms with Gasteiger partial charge < -0.3 is 19.0 Å². The van der Waals surface area contributed by atoms with Gasteiger partial charge in [-0.05, 0) is 26.0 Å². The number of sulfone groups is 1. The van der Waals surface area contributed by atoms with Gasteiger partial charge in [0.25, 0.3) is 5.09 Å². The van der Waals surface area contributed by atoms with Crippen molar-refractivity contribution in [2.24, 2.45) is 0 Å². The highest BCUT2D eigenvalue weighted by Gasteiger charge is 2.30. The molecule has 0 N–H and O–H groups in total. The predicted molar refractivity (Wildman–Crippen MR) is 142 cm³/mol. The molecule has 38 heavy (non-hydrogen) atoms. The number of ether oxygens (including phenoxy) is 3. The van der Waals surface area contributed by atoms with Crippen molar-refractivity contribution < 1.29 is 37.3 Å². The molecule has 0 atom stereocenters. The molecule has 0 amide bonds. The van der Waals surface area contributed by atoms with E-state index in [2.05, 4.69) is 14.8 Å². The highest BCUT2D eigenvalue weighted by atomic mass is 33.1. The van der Waals surface area contributed by atoms with Crippen molar-refractivity contribution in [1.29, 1.82) is 0 Å². The Bertz CT molecular complexity index is 1430. The van der Waals surface area contributed by atoms with E-state index >= 15 is 0 Å². The number of hydrogen-bond donors (Lipinski definition) is 0. The van der Waals surface area contributed by atoms with Crippen LogP contribution in [0.2, 0.25) is 0 Å². The third-order valence-corrected chi connectivity index (χ3v) is 9.02. The lowest BCUT2D eigenvalue weighted by Gasteiger charge is -2.13. The second kappa shape index (κ2) is 13.0. The molecule has 0 fully saturated rings. The molecule has 13 nitrogen and oxygen atoms in total. The van der Waals surface area contributed by atoms with Crippen LogP contribution in [0, 0.1) is 24.0 Å². The van der Waals surface area contributed by atoms with Gasteiger partial charge in [-0.2, -0.15) is 0 Å². The molecule has 1 aromatic carbocycles. The topological polar surface area (TPSA) is 162 Å². The number of rotatable bonds is 13. The predicted octanol–water partition coefficient (Wildman–Crippen LogP) is 3.61. The highest BCUT2D eigenvalue weighted by molar-refractivity contribution is 8.76. The van der Waals surface area contributed by atoms with Crippen molar-refractivity contribution in [1.82, 2.24) is 14.5 Å². The van der Waals surface area contributed by atoms with E-state index in [1.165, 1.54) is 48.1 Å². The molecule has 3 aromatic rings. The molecule has 0 saturated heterocycles. The zero-order valence-corrected chi connectivity index (χ0v) is 23.5. The summed E-state index contributed by atoms with van der Waals surface area (Å²) in [6.45, 7) is 3.42. The highest BCUT2D eigenvalue weighted by Crippen LogP contribution is 2.29. The van der Waals surface area contributed by atoms with E-state index in [9.17, 15) is 23.3 Å². The molecule has 0 radical (unpaired) electrons. The number of imidazole rings is 1. The van der Waals surface area contributed by atoms with Crippen LogP contribution in [0.15, 0.2) is 29.6 Å². The molecular weight excluding hydrogens is 560 g/mol. The maximum absolute atomic E-state index is 13.5. The van der Waals surface area contributed by atoms with Crippen molar-refractivity contribution in [3.63, 3.8) is 0 Å². The number of aryl methyl sites for hydroxylation is 1. The van der Waals surface area contributed by atoms with Gasteiger partial charge >= 0.3 is 6.09 Å².